The minimum atomic E-state index is -0.637. The van der Waals surface area contributed by atoms with E-state index in [0.717, 1.165) is 25.0 Å². The SMILES string of the molecule is CC(C)NC(C)(CN1CCC2C(CCCN2C)C1)C(N)=O. The van der Waals surface area contributed by atoms with Crippen molar-refractivity contribution in [2.75, 3.05) is 33.2 Å². The zero-order chi connectivity index (χ0) is 15.6. The van der Waals surface area contributed by atoms with Crippen molar-refractivity contribution in [1.29, 1.82) is 0 Å². The van der Waals surface area contributed by atoms with Gasteiger partial charge in [0, 0.05) is 25.2 Å². The number of piperidine rings is 2. The fourth-order valence-corrected chi connectivity index (χ4v) is 4.15. The second-order valence-corrected chi connectivity index (χ2v) is 7.47. The van der Waals surface area contributed by atoms with E-state index in [9.17, 15) is 4.79 Å². The molecule has 0 aromatic carbocycles. The molecule has 2 fully saturated rings. The molecule has 0 spiro atoms. The van der Waals surface area contributed by atoms with Crippen LogP contribution in [0.1, 0.15) is 40.0 Å². The first kappa shape index (κ1) is 16.7. The van der Waals surface area contributed by atoms with Crippen molar-refractivity contribution in [1.82, 2.24) is 15.1 Å². The van der Waals surface area contributed by atoms with Crippen LogP contribution in [-0.2, 0) is 4.79 Å². The van der Waals surface area contributed by atoms with Crippen molar-refractivity contribution in [2.45, 2.75) is 57.7 Å². The predicted molar refractivity (Wildman–Crippen MR) is 86.1 cm³/mol. The molecule has 2 aliphatic heterocycles. The summed E-state index contributed by atoms with van der Waals surface area (Å²) in [5, 5.41) is 3.36. The van der Waals surface area contributed by atoms with E-state index in [-0.39, 0.29) is 11.9 Å². The number of nitrogens with zero attached hydrogens (tertiary/aromatic N) is 2. The van der Waals surface area contributed by atoms with Gasteiger partial charge in [-0.15, -0.1) is 0 Å². The van der Waals surface area contributed by atoms with Crippen LogP contribution in [0.3, 0.4) is 0 Å². The maximum absolute atomic E-state index is 11.9. The number of carbonyl (C=O) groups is 1. The molecule has 0 saturated carbocycles. The molecular weight excluding hydrogens is 264 g/mol. The Labute approximate surface area is 129 Å². The first-order valence-electron chi connectivity index (χ1n) is 8.32. The maximum Gasteiger partial charge on any atom is 0.238 e. The minimum absolute atomic E-state index is 0.251. The highest BCUT2D eigenvalue weighted by Gasteiger charge is 2.39. The van der Waals surface area contributed by atoms with Crippen molar-refractivity contribution < 1.29 is 4.79 Å². The van der Waals surface area contributed by atoms with Crippen molar-refractivity contribution in [3.05, 3.63) is 0 Å². The first-order valence-corrected chi connectivity index (χ1v) is 8.32. The number of carbonyl (C=O) groups excluding carboxylic acids is 1. The molecule has 5 heteroatoms. The lowest BCUT2D eigenvalue weighted by atomic mass is 9.83. The Morgan fingerprint density at radius 1 is 1.38 bits per heavy atom. The Balaban J connectivity index is 1.98. The summed E-state index contributed by atoms with van der Waals surface area (Å²) in [7, 11) is 2.25. The van der Waals surface area contributed by atoms with Gasteiger partial charge in [0.1, 0.15) is 5.54 Å². The molecule has 0 aliphatic carbocycles. The van der Waals surface area contributed by atoms with Gasteiger partial charge in [-0.1, -0.05) is 0 Å². The van der Waals surface area contributed by atoms with Gasteiger partial charge in [-0.25, -0.2) is 0 Å². The quantitative estimate of drug-likeness (QED) is 0.782. The van der Waals surface area contributed by atoms with Gasteiger partial charge in [0.2, 0.25) is 5.91 Å². The zero-order valence-electron chi connectivity index (χ0n) is 14.1. The van der Waals surface area contributed by atoms with Gasteiger partial charge in [-0.05, 0) is 66.1 Å². The van der Waals surface area contributed by atoms with E-state index in [1.54, 1.807) is 0 Å². The van der Waals surface area contributed by atoms with Crippen LogP contribution >= 0.6 is 0 Å². The fraction of sp³-hybridized carbons (Fsp3) is 0.938. The molecule has 0 bridgehead atoms. The Morgan fingerprint density at radius 3 is 2.71 bits per heavy atom. The summed E-state index contributed by atoms with van der Waals surface area (Å²) >= 11 is 0. The Kier molecular flexibility index (Phi) is 5.28. The van der Waals surface area contributed by atoms with Crippen LogP contribution in [0.4, 0.5) is 0 Å². The number of likely N-dealkylation sites (tertiary alicyclic amines) is 2. The number of nitrogens with two attached hydrogens (primary N) is 1. The lowest BCUT2D eigenvalue weighted by molar-refractivity contribution is -0.125. The lowest BCUT2D eigenvalue weighted by Crippen LogP contribution is -2.63. The van der Waals surface area contributed by atoms with Gasteiger partial charge in [-0.3, -0.25) is 4.79 Å². The second kappa shape index (κ2) is 6.63. The summed E-state index contributed by atoms with van der Waals surface area (Å²) in [6, 6.07) is 0.980. The molecule has 21 heavy (non-hydrogen) atoms. The monoisotopic (exact) mass is 296 g/mol. The van der Waals surface area contributed by atoms with Crippen molar-refractivity contribution in [3.8, 4) is 0 Å². The van der Waals surface area contributed by atoms with E-state index in [4.69, 9.17) is 5.73 Å². The molecule has 0 aromatic heterocycles. The molecule has 2 saturated heterocycles. The third-order valence-electron chi connectivity index (χ3n) is 5.12. The van der Waals surface area contributed by atoms with Crippen molar-refractivity contribution >= 4 is 5.91 Å². The highest BCUT2D eigenvalue weighted by molar-refractivity contribution is 5.84. The van der Waals surface area contributed by atoms with Gasteiger partial charge >= 0.3 is 0 Å². The zero-order valence-corrected chi connectivity index (χ0v) is 14.1. The topological polar surface area (TPSA) is 61.6 Å². The molecule has 3 N–H and O–H groups in total. The van der Waals surface area contributed by atoms with E-state index in [1.807, 2.05) is 6.92 Å². The molecule has 2 aliphatic rings. The van der Waals surface area contributed by atoms with Gasteiger partial charge in [0.25, 0.3) is 0 Å². The Bertz CT molecular complexity index is 373. The Hall–Kier alpha value is -0.650. The van der Waals surface area contributed by atoms with Crippen molar-refractivity contribution in [3.63, 3.8) is 0 Å². The fourth-order valence-electron chi connectivity index (χ4n) is 4.15. The maximum atomic E-state index is 11.9. The Morgan fingerprint density at radius 2 is 2.10 bits per heavy atom. The average Bonchev–Trinajstić information content (AvgIpc) is 2.37. The van der Waals surface area contributed by atoms with Crippen LogP contribution in [0.15, 0.2) is 0 Å². The van der Waals surface area contributed by atoms with E-state index in [2.05, 4.69) is 36.0 Å². The third-order valence-corrected chi connectivity index (χ3v) is 5.12. The molecule has 5 nitrogen and oxygen atoms in total. The van der Waals surface area contributed by atoms with Crippen LogP contribution in [0.25, 0.3) is 0 Å². The molecule has 1 amide bonds. The average molecular weight is 296 g/mol. The van der Waals surface area contributed by atoms with Gasteiger partial charge in [-0.2, -0.15) is 0 Å². The summed E-state index contributed by atoms with van der Waals surface area (Å²) in [4.78, 5) is 16.8. The second-order valence-electron chi connectivity index (χ2n) is 7.47. The highest BCUT2D eigenvalue weighted by Crippen LogP contribution is 2.30. The molecule has 2 rings (SSSR count). The number of fused-ring (bicyclic) bond motifs is 1. The standard InChI is InChI=1S/C16H32N4O/c1-12(2)18-16(3,15(17)21)11-20-9-7-14-13(10-20)6-5-8-19(14)4/h12-14,18H,5-11H2,1-4H3,(H2,17,21). The summed E-state index contributed by atoms with van der Waals surface area (Å²) in [5.74, 6) is 0.493. The predicted octanol–water partition coefficient (Wildman–Crippen LogP) is 0.645. The van der Waals surface area contributed by atoms with Crippen LogP contribution in [-0.4, -0.2) is 66.6 Å². The summed E-state index contributed by atoms with van der Waals surface area (Å²) in [5.41, 5.74) is 5.02. The number of primary amides is 1. The van der Waals surface area contributed by atoms with E-state index >= 15 is 0 Å². The van der Waals surface area contributed by atoms with Crippen LogP contribution in [0.5, 0.6) is 0 Å². The summed E-state index contributed by atoms with van der Waals surface area (Å²) in [6.45, 7) is 10.2. The molecule has 122 valence electrons. The summed E-state index contributed by atoms with van der Waals surface area (Å²) < 4.78 is 0. The van der Waals surface area contributed by atoms with Crippen molar-refractivity contribution in [2.24, 2.45) is 11.7 Å². The van der Waals surface area contributed by atoms with Crippen LogP contribution < -0.4 is 11.1 Å². The normalized spacial score (nSPS) is 30.9. The first-order chi connectivity index (χ1) is 9.82. The molecule has 0 radical (unpaired) electrons. The highest BCUT2D eigenvalue weighted by atomic mass is 16.1. The number of hydrogen-bond acceptors (Lipinski definition) is 4. The van der Waals surface area contributed by atoms with Gasteiger partial charge < -0.3 is 20.9 Å². The van der Waals surface area contributed by atoms with E-state index < -0.39 is 5.54 Å². The number of hydrogen-bond donors (Lipinski definition) is 2. The largest absolute Gasteiger partial charge is 0.368 e. The summed E-state index contributed by atoms with van der Waals surface area (Å²) in [6.07, 6.45) is 3.82. The lowest BCUT2D eigenvalue weighted by Gasteiger charge is -2.47. The van der Waals surface area contributed by atoms with Crippen LogP contribution in [0, 0.1) is 5.92 Å². The smallest absolute Gasteiger partial charge is 0.238 e. The van der Waals surface area contributed by atoms with Gasteiger partial charge in [0.05, 0.1) is 0 Å². The number of amides is 1. The van der Waals surface area contributed by atoms with E-state index in [0.29, 0.717) is 6.54 Å². The minimum Gasteiger partial charge on any atom is -0.368 e. The number of rotatable bonds is 5. The van der Waals surface area contributed by atoms with E-state index in [1.165, 1.54) is 25.8 Å². The molecule has 2 heterocycles. The number of nitrogens with one attached hydrogen (secondary N) is 1. The van der Waals surface area contributed by atoms with Gasteiger partial charge in [0.15, 0.2) is 0 Å². The third kappa shape index (κ3) is 3.96. The molecule has 3 atom stereocenters. The molecule has 0 aromatic rings. The molecular formula is C16H32N4O. The molecule has 3 unspecified atom stereocenters. The van der Waals surface area contributed by atoms with Crippen LogP contribution in [0.2, 0.25) is 0 Å².